The third-order valence-electron chi connectivity index (χ3n) is 6.10. The number of hydrogen-bond donors (Lipinski definition) is 0. The monoisotopic (exact) mass is 440 g/mol. The van der Waals surface area contributed by atoms with Crippen LogP contribution in [-0.2, 0) is 9.59 Å². The Hall–Kier alpha value is -2.77. The largest absolute Gasteiger partial charge is 0.291 e. The van der Waals surface area contributed by atoms with Crippen molar-refractivity contribution in [2.45, 2.75) is 6.42 Å². The summed E-state index contributed by atoms with van der Waals surface area (Å²) in [6, 6.07) is 9.55. The Morgan fingerprint density at radius 1 is 1.03 bits per heavy atom. The van der Waals surface area contributed by atoms with Crippen LogP contribution in [0.1, 0.15) is 26.5 Å². The van der Waals surface area contributed by atoms with Gasteiger partial charge in [-0.05, 0) is 54.0 Å². The molecule has 1 saturated heterocycles. The second-order valence-electron chi connectivity index (χ2n) is 7.76. The van der Waals surface area contributed by atoms with E-state index >= 15 is 0 Å². The van der Waals surface area contributed by atoms with E-state index in [1.165, 1.54) is 23.5 Å². The molecule has 1 aromatic heterocycles. The molecule has 152 valence electrons. The lowest BCUT2D eigenvalue weighted by atomic mass is 9.85. The molecule has 2 aliphatic carbocycles. The third kappa shape index (κ3) is 2.92. The molecule has 4 atom stereocenters. The molecule has 1 aliphatic heterocycles. The number of Topliss-reactive ketones (excluding diaryl/α,β-unsaturated/α-hetero) is 1. The van der Waals surface area contributed by atoms with Crippen molar-refractivity contribution in [3.63, 3.8) is 0 Å². The molecule has 3 aliphatic rings. The van der Waals surface area contributed by atoms with Crippen LogP contribution in [0.3, 0.4) is 0 Å². The quantitative estimate of drug-likeness (QED) is 0.405. The second kappa shape index (κ2) is 7.18. The molecule has 30 heavy (non-hydrogen) atoms. The van der Waals surface area contributed by atoms with Crippen molar-refractivity contribution in [3.05, 3.63) is 69.4 Å². The lowest BCUT2D eigenvalue weighted by molar-refractivity contribution is -0.154. The van der Waals surface area contributed by atoms with E-state index in [2.05, 4.69) is 0 Å². The number of carbonyl (C=O) groups is 4. The van der Waals surface area contributed by atoms with Gasteiger partial charge in [-0.15, -0.1) is 11.3 Å². The molecule has 0 N–H and O–H groups in total. The van der Waals surface area contributed by atoms with Crippen molar-refractivity contribution < 1.29 is 19.2 Å². The zero-order chi connectivity index (χ0) is 21.0. The van der Waals surface area contributed by atoms with Gasteiger partial charge in [0.2, 0.25) is 0 Å². The van der Waals surface area contributed by atoms with Crippen LogP contribution in [0.2, 0.25) is 5.02 Å². The predicted octanol–water partition coefficient (Wildman–Crippen LogP) is 3.45. The van der Waals surface area contributed by atoms with Crippen LogP contribution < -0.4 is 0 Å². The van der Waals surface area contributed by atoms with Crippen molar-refractivity contribution in [1.29, 1.82) is 0 Å². The predicted molar refractivity (Wildman–Crippen MR) is 111 cm³/mol. The van der Waals surface area contributed by atoms with Crippen molar-refractivity contribution >= 4 is 46.4 Å². The minimum absolute atomic E-state index is 0.0157. The first-order valence-electron chi connectivity index (χ1n) is 9.66. The lowest BCUT2D eigenvalue weighted by Crippen LogP contribution is -2.52. The lowest BCUT2D eigenvalue weighted by Gasteiger charge is -2.30. The van der Waals surface area contributed by atoms with Gasteiger partial charge in [0.1, 0.15) is 6.54 Å². The van der Waals surface area contributed by atoms with E-state index < -0.39 is 29.6 Å². The van der Waals surface area contributed by atoms with Crippen LogP contribution in [0.15, 0.2) is 53.9 Å². The summed E-state index contributed by atoms with van der Waals surface area (Å²) in [5.74, 6) is -2.59. The maximum atomic E-state index is 13.3. The molecular formula is C22H17ClN2O4S. The summed E-state index contributed by atoms with van der Waals surface area (Å²) in [7, 11) is 0. The van der Waals surface area contributed by atoms with Gasteiger partial charge in [-0.25, -0.2) is 5.01 Å². The van der Waals surface area contributed by atoms with Gasteiger partial charge in [0, 0.05) is 10.6 Å². The number of carbonyl (C=O) groups excluding carboxylic acids is 4. The number of amides is 3. The van der Waals surface area contributed by atoms with E-state index in [1.54, 1.807) is 29.6 Å². The van der Waals surface area contributed by atoms with Crippen LogP contribution in [0.5, 0.6) is 0 Å². The zero-order valence-electron chi connectivity index (χ0n) is 15.7. The molecule has 8 heteroatoms. The summed E-state index contributed by atoms with van der Waals surface area (Å²) < 4.78 is 0. The Morgan fingerprint density at radius 3 is 2.23 bits per heavy atom. The summed E-state index contributed by atoms with van der Waals surface area (Å²) in [5, 5.41) is 4.15. The first-order chi connectivity index (χ1) is 14.5. The summed E-state index contributed by atoms with van der Waals surface area (Å²) in [5.41, 5.74) is 0.247. The fourth-order valence-electron chi connectivity index (χ4n) is 4.75. The Bertz CT molecular complexity index is 1050. The number of hydrazine groups is 1. The van der Waals surface area contributed by atoms with Crippen LogP contribution in [0.25, 0.3) is 0 Å². The number of ketones is 1. The van der Waals surface area contributed by atoms with E-state index in [1.807, 2.05) is 12.2 Å². The molecule has 5 rings (SSSR count). The van der Waals surface area contributed by atoms with E-state index in [0.29, 0.717) is 9.90 Å². The van der Waals surface area contributed by atoms with E-state index in [0.717, 1.165) is 16.4 Å². The summed E-state index contributed by atoms with van der Waals surface area (Å²) >= 11 is 7.17. The number of nitrogens with zero attached hydrogens (tertiary/aromatic N) is 2. The highest BCUT2D eigenvalue weighted by Crippen LogP contribution is 2.52. The fourth-order valence-corrected chi connectivity index (χ4v) is 5.53. The molecule has 2 heterocycles. The number of imide groups is 1. The number of rotatable bonds is 5. The summed E-state index contributed by atoms with van der Waals surface area (Å²) in [6.07, 6.45) is 4.77. The Balaban J connectivity index is 1.50. The third-order valence-corrected chi connectivity index (χ3v) is 7.27. The highest BCUT2D eigenvalue weighted by atomic mass is 35.5. The molecule has 0 unspecified atom stereocenters. The van der Waals surface area contributed by atoms with Crippen molar-refractivity contribution in [2.24, 2.45) is 23.7 Å². The van der Waals surface area contributed by atoms with Gasteiger partial charge in [0.05, 0.1) is 16.7 Å². The SMILES string of the molecule is O=C(CN(C(=O)c1ccc(Cl)cc1)N1C(=O)[C@H]2[C@H](C1=O)[C@H]1C=C[C@H]2C1)c1cccs1. The number of fused-ring (bicyclic) bond motifs is 5. The van der Waals surface area contributed by atoms with Gasteiger partial charge >= 0.3 is 0 Å². The molecule has 0 radical (unpaired) electrons. The van der Waals surface area contributed by atoms with Gasteiger partial charge in [0.15, 0.2) is 5.78 Å². The number of thiophene rings is 1. The van der Waals surface area contributed by atoms with Gasteiger partial charge in [-0.3, -0.25) is 19.2 Å². The average molecular weight is 441 g/mol. The molecule has 2 fully saturated rings. The first-order valence-corrected chi connectivity index (χ1v) is 10.9. The van der Waals surface area contributed by atoms with Crippen LogP contribution in [-0.4, -0.2) is 40.1 Å². The molecular weight excluding hydrogens is 424 g/mol. The van der Waals surface area contributed by atoms with Crippen LogP contribution in [0, 0.1) is 23.7 Å². The minimum Gasteiger partial charge on any atom is -0.291 e. The smallest absolute Gasteiger partial charge is 0.273 e. The summed E-state index contributed by atoms with van der Waals surface area (Å²) in [6.45, 7) is -0.387. The van der Waals surface area contributed by atoms with E-state index in [9.17, 15) is 19.2 Å². The van der Waals surface area contributed by atoms with Gasteiger partial charge < -0.3 is 0 Å². The molecule has 6 nitrogen and oxygen atoms in total. The van der Waals surface area contributed by atoms with Crippen molar-refractivity contribution in [2.75, 3.05) is 6.54 Å². The van der Waals surface area contributed by atoms with Gasteiger partial charge in [0.25, 0.3) is 17.7 Å². The van der Waals surface area contributed by atoms with Crippen molar-refractivity contribution in [3.8, 4) is 0 Å². The van der Waals surface area contributed by atoms with Gasteiger partial charge in [-0.1, -0.05) is 29.8 Å². The average Bonchev–Trinajstić information content (AvgIpc) is 3.52. The molecule has 1 saturated carbocycles. The standard InChI is InChI=1S/C22H17ClN2O4S/c23-15-7-5-12(6-8-15)20(27)24(11-16(26)17-2-1-9-30-17)25-21(28)18-13-3-4-14(10-13)19(18)22(25)29/h1-9,13-14,18-19H,10-11H2/t13-,14-,18+,19+/m0/s1. The number of benzene rings is 1. The molecule has 3 amide bonds. The van der Waals surface area contributed by atoms with Crippen LogP contribution in [0.4, 0.5) is 0 Å². The highest BCUT2D eigenvalue weighted by Gasteiger charge is 2.61. The topological polar surface area (TPSA) is 74.8 Å². The number of halogens is 1. The number of hydrogen-bond acceptors (Lipinski definition) is 5. The number of allylic oxidation sites excluding steroid dienone is 2. The Kier molecular flexibility index (Phi) is 4.60. The first kappa shape index (κ1) is 19.2. The molecule has 2 aromatic rings. The van der Waals surface area contributed by atoms with Crippen molar-refractivity contribution in [1.82, 2.24) is 10.0 Å². The Morgan fingerprint density at radius 2 is 1.67 bits per heavy atom. The minimum atomic E-state index is -0.585. The highest BCUT2D eigenvalue weighted by molar-refractivity contribution is 7.12. The Labute approximate surface area is 181 Å². The zero-order valence-corrected chi connectivity index (χ0v) is 17.3. The maximum absolute atomic E-state index is 13.3. The van der Waals surface area contributed by atoms with E-state index in [4.69, 9.17) is 11.6 Å². The van der Waals surface area contributed by atoms with Gasteiger partial charge in [-0.2, -0.15) is 5.01 Å². The fraction of sp³-hybridized carbons (Fsp3) is 0.273. The molecule has 1 aromatic carbocycles. The maximum Gasteiger partial charge on any atom is 0.273 e. The second-order valence-corrected chi connectivity index (χ2v) is 9.14. The normalized spacial score (nSPS) is 26.4. The molecule has 0 spiro atoms. The van der Waals surface area contributed by atoms with E-state index in [-0.39, 0.29) is 29.7 Å². The summed E-state index contributed by atoms with van der Waals surface area (Å²) in [4.78, 5) is 53.0. The van der Waals surface area contributed by atoms with Crippen LogP contribution >= 0.6 is 22.9 Å². The molecule has 2 bridgehead atoms.